The molecule has 0 aromatic carbocycles. The van der Waals surface area contributed by atoms with E-state index >= 15 is 0 Å². The molecule has 0 bridgehead atoms. The Bertz CT molecular complexity index is 141. The minimum absolute atomic E-state index is 0.323. The molecule has 0 rings (SSSR count). The number of aliphatic hydroxyl groups is 1. The zero-order valence-electron chi connectivity index (χ0n) is 8.81. The molecule has 1 heteroatoms. The van der Waals surface area contributed by atoms with Crippen molar-refractivity contribution in [2.45, 2.75) is 58.3 Å². The predicted molar refractivity (Wildman–Crippen MR) is 57.5 cm³/mol. The van der Waals surface area contributed by atoms with Crippen LogP contribution in [0.2, 0.25) is 0 Å². The molecular formula is C12H22O. The summed E-state index contributed by atoms with van der Waals surface area (Å²) in [4.78, 5) is 0. The van der Waals surface area contributed by atoms with Gasteiger partial charge in [-0.25, -0.2) is 0 Å². The summed E-state index contributed by atoms with van der Waals surface area (Å²) in [5, 5.41) is 8.53. The van der Waals surface area contributed by atoms with E-state index < -0.39 is 0 Å². The van der Waals surface area contributed by atoms with Crippen molar-refractivity contribution in [1.29, 1.82) is 0 Å². The summed E-state index contributed by atoms with van der Waals surface area (Å²) in [6.45, 7) is 2.53. The monoisotopic (exact) mass is 182 g/mol. The highest BCUT2D eigenvalue weighted by Gasteiger charge is 1.84. The first kappa shape index (κ1) is 12.5. The van der Waals surface area contributed by atoms with Gasteiger partial charge in [0.1, 0.15) is 0 Å². The van der Waals surface area contributed by atoms with Gasteiger partial charge in [0.25, 0.3) is 0 Å². The summed E-state index contributed by atoms with van der Waals surface area (Å²) in [5.41, 5.74) is 0. The molecule has 1 N–H and O–H groups in total. The van der Waals surface area contributed by atoms with Crippen molar-refractivity contribution in [3.05, 3.63) is 0 Å². The maximum absolute atomic E-state index is 8.53. The lowest BCUT2D eigenvalue weighted by molar-refractivity contribution is 0.283. The maximum Gasteiger partial charge on any atom is 0.0431 e. The molecule has 0 aliphatic heterocycles. The van der Waals surface area contributed by atoms with E-state index in [9.17, 15) is 0 Å². The molecule has 76 valence electrons. The van der Waals surface area contributed by atoms with Crippen LogP contribution in [0.3, 0.4) is 0 Å². The van der Waals surface area contributed by atoms with E-state index in [1.165, 1.54) is 19.3 Å². The van der Waals surface area contributed by atoms with Gasteiger partial charge in [-0.3, -0.25) is 0 Å². The van der Waals surface area contributed by atoms with Crippen LogP contribution in [0.4, 0.5) is 0 Å². The second-order valence-corrected chi connectivity index (χ2v) is 3.34. The van der Waals surface area contributed by atoms with Crippen molar-refractivity contribution in [2.24, 2.45) is 0 Å². The van der Waals surface area contributed by atoms with Gasteiger partial charge < -0.3 is 5.11 Å². The summed E-state index contributed by atoms with van der Waals surface area (Å²) in [6.07, 6.45) is 9.08. The van der Waals surface area contributed by atoms with Gasteiger partial charge in [-0.2, -0.15) is 0 Å². The van der Waals surface area contributed by atoms with E-state index in [1.807, 2.05) is 0 Å². The van der Waals surface area contributed by atoms with Gasteiger partial charge in [0, 0.05) is 19.4 Å². The normalized spacial score (nSPS) is 9.38. The molecule has 0 aliphatic carbocycles. The largest absolute Gasteiger partial charge is 0.396 e. The first-order chi connectivity index (χ1) is 6.41. The van der Waals surface area contributed by atoms with Crippen LogP contribution in [0, 0.1) is 11.8 Å². The lowest BCUT2D eigenvalue weighted by Crippen LogP contribution is -1.81. The number of hydrogen-bond donors (Lipinski definition) is 1. The van der Waals surface area contributed by atoms with E-state index in [0.29, 0.717) is 6.61 Å². The molecule has 0 saturated carbocycles. The van der Waals surface area contributed by atoms with Crippen molar-refractivity contribution < 1.29 is 5.11 Å². The molecule has 0 aromatic heterocycles. The quantitative estimate of drug-likeness (QED) is 0.474. The third-order valence-electron chi connectivity index (χ3n) is 1.99. The molecule has 0 atom stereocenters. The van der Waals surface area contributed by atoms with Crippen LogP contribution >= 0.6 is 0 Å². The molecular weight excluding hydrogens is 160 g/mol. The predicted octanol–water partition coefficient (Wildman–Crippen LogP) is 3.12. The van der Waals surface area contributed by atoms with Crippen LogP contribution in [0.25, 0.3) is 0 Å². The SMILES string of the molecule is CCCCCC#CCCCCCO. The fourth-order valence-corrected chi connectivity index (χ4v) is 1.14. The van der Waals surface area contributed by atoms with Gasteiger partial charge in [-0.05, 0) is 19.3 Å². The summed E-state index contributed by atoms with van der Waals surface area (Å²) in [5.74, 6) is 6.36. The molecule has 0 saturated heterocycles. The summed E-state index contributed by atoms with van der Waals surface area (Å²) in [6, 6.07) is 0. The number of hydrogen-bond acceptors (Lipinski definition) is 1. The molecule has 0 fully saturated rings. The Kier molecular flexibility index (Phi) is 11.1. The fraction of sp³-hybridized carbons (Fsp3) is 0.833. The molecule has 0 unspecified atom stereocenters. The van der Waals surface area contributed by atoms with Crippen molar-refractivity contribution >= 4 is 0 Å². The lowest BCUT2D eigenvalue weighted by Gasteiger charge is -1.92. The molecule has 0 aliphatic rings. The number of unbranched alkanes of at least 4 members (excludes halogenated alkanes) is 6. The van der Waals surface area contributed by atoms with Crippen LogP contribution < -0.4 is 0 Å². The smallest absolute Gasteiger partial charge is 0.0431 e. The average molecular weight is 182 g/mol. The highest BCUT2D eigenvalue weighted by atomic mass is 16.2. The molecule has 0 amide bonds. The van der Waals surface area contributed by atoms with Crippen molar-refractivity contribution in [2.75, 3.05) is 6.61 Å². The van der Waals surface area contributed by atoms with Gasteiger partial charge in [-0.1, -0.05) is 26.2 Å². The highest BCUT2D eigenvalue weighted by Crippen LogP contribution is 1.99. The maximum atomic E-state index is 8.53. The van der Waals surface area contributed by atoms with Crippen molar-refractivity contribution in [3.63, 3.8) is 0 Å². The zero-order valence-corrected chi connectivity index (χ0v) is 8.81. The van der Waals surface area contributed by atoms with Gasteiger partial charge >= 0.3 is 0 Å². The Balaban J connectivity index is 3.02. The van der Waals surface area contributed by atoms with Crippen LogP contribution in [-0.4, -0.2) is 11.7 Å². The van der Waals surface area contributed by atoms with Crippen molar-refractivity contribution in [3.8, 4) is 11.8 Å². The molecule has 0 aromatic rings. The van der Waals surface area contributed by atoms with Gasteiger partial charge in [0.2, 0.25) is 0 Å². The number of aliphatic hydroxyl groups excluding tert-OH is 1. The highest BCUT2D eigenvalue weighted by molar-refractivity contribution is 4.98. The van der Waals surface area contributed by atoms with Gasteiger partial charge in [0.15, 0.2) is 0 Å². The summed E-state index contributed by atoms with van der Waals surface area (Å²) < 4.78 is 0. The Morgan fingerprint density at radius 1 is 0.846 bits per heavy atom. The molecule has 13 heavy (non-hydrogen) atoms. The summed E-state index contributed by atoms with van der Waals surface area (Å²) in [7, 11) is 0. The topological polar surface area (TPSA) is 20.2 Å². The lowest BCUT2D eigenvalue weighted by atomic mass is 10.2. The first-order valence-corrected chi connectivity index (χ1v) is 5.48. The second kappa shape index (κ2) is 11.5. The molecule has 0 radical (unpaired) electrons. The van der Waals surface area contributed by atoms with Crippen LogP contribution in [-0.2, 0) is 0 Å². The molecule has 0 spiro atoms. The molecule has 0 heterocycles. The van der Waals surface area contributed by atoms with E-state index in [4.69, 9.17) is 5.11 Å². The van der Waals surface area contributed by atoms with Gasteiger partial charge in [-0.15, -0.1) is 11.8 Å². The third kappa shape index (κ3) is 11.5. The van der Waals surface area contributed by atoms with E-state index in [-0.39, 0.29) is 0 Å². The average Bonchev–Trinajstić information content (AvgIpc) is 2.16. The Hall–Kier alpha value is -0.480. The second-order valence-electron chi connectivity index (χ2n) is 3.34. The van der Waals surface area contributed by atoms with Crippen LogP contribution in [0.1, 0.15) is 58.3 Å². The fourth-order valence-electron chi connectivity index (χ4n) is 1.14. The molecule has 1 nitrogen and oxygen atoms in total. The van der Waals surface area contributed by atoms with E-state index in [1.54, 1.807) is 0 Å². The van der Waals surface area contributed by atoms with Crippen LogP contribution in [0.15, 0.2) is 0 Å². The first-order valence-electron chi connectivity index (χ1n) is 5.48. The zero-order chi connectivity index (χ0) is 9.78. The standard InChI is InChI=1S/C12H22O/c1-2-3-4-5-6-7-8-9-10-11-12-13/h13H,2-5,8-12H2,1H3. The summed E-state index contributed by atoms with van der Waals surface area (Å²) >= 11 is 0. The van der Waals surface area contributed by atoms with Crippen LogP contribution in [0.5, 0.6) is 0 Å². The van der Waals surface area contributed by atoms with E-state index in [2.05, 4.69) is 18.8 Å². The van der Waals surface area contributed by atoms with Gasteiger partial charge in [0.05, 0.1) is 0 Å². The number of rotatable bonds is 7. The Morgan fingerprint density at radius 2 is 1.46 bits per heavy atom. The van der Waals surface area contributed by atoms with E-state index in [0.717, 1.165) is 32.1 Å². The minimum Gasteiger partial charge on any atom is -0.396 e. The minimum atomic E-state index is 0.323. The van der Waals surface area contributed by atoms with Crippen molar-refractivity contribution in [1.82, 2.24) is 0 Å². The Labute approximate surface area is 82.5 Å². The third-order valence-corrected chi connectivity index (χ3v) is 1.99. The Morgan fingerprint density at radius 3 is 2.00 bits per heavy atom.